The highest BCUT2D eigenvalue weighted by Crippen LogP contribution is 2.29. The lowest BCUT2D eigenvalue weighted by Gasteiger charge is -2.08. The van der Waals surface area contributed by atoms with Gasteiger partial charge in [-0.05, 0) is 55.0 Å². The van der Waals surface area contributed by atoms with Crippen molar-refractivity contribution in [2.24, 2.45) is 19.8 Å². The minimum absolute atomic E-state index is 0.215. The van der Waals surface area contributed by atoms with Crippen LogP contribution in [0.25, 0.3) is 27.8 Å². The third-order valence-corrected chi connectivity index (χ3v) is 6.10. The molecule has 2 amide bonds. The quantitative estimate of drug-likeness (QED) is 0.399. The summed E-state index contributed by atoms with van der Waals surface area (Å²) in [6.07, 6.45) is 1.58. The number of fused-ring (bicyclic) bond motifs is 1. The number of nitrogens with one attached hydrogen (secondary N) is 1. The molecule has 2 aromatic carbocycles. The molecule has 0 atom stereocenters. The number of aromatic nitrogens is 5. The standard InChI is InChI=1S/C26H23N7O3/c1-15-30-32(3)26(36)33(15)19-9-7-16(8-10-19)22-14-20-21(31(22)2)11-12-28-23(20)25(35)29-18-6-4-5-17(13-18)24(27)34/h4-14H,1-3H3,(H2,27,34)(H,29,35). The second-order valence-corrected chi connectivity index (χ2v) is 8.42. The van der Waals surface area contributed by atoms with Gasteiger partial charge in [-0.2, -0.15) is 5.10 Å². The third kappa shape index (κ3) is 3.84. The summed E-state index contributed by atoms with van der Waals surface area (Å²) in [6.45, 7) is 1.78. The number of rotatable bonds is 5. The molecule has 3 N–H and O–H groups in total. The zero-order chi connectivity index (χ0) is 25.6. The molecule has 36 heavy (non-hydrogen) atoms. The molecule has 0 fully saturated rings. The minimum atomic E-state index is -0.575. The first-order chi connectivity index (χ1) is 17.2. The summed E-state index contributed by atoms with van der Waals surface area (Å²) in [5, 5.41) is 7.65. The van der Waals surface area contributed by atoms with Crippen LogP contribution in [0.15, 0.2) is 71.7 Å². The maximum atomic E-state index is 13.1. The van der Waals surface area contributed by atoms with E-state index >= 15 is 0 Å². The normalized spacial score (nSPS) is 11.1. The third-order valence-electron chi connectivity index (χ3n) is 6.10. The zero-order valence-corrected chi connectivity index (χ0v) is 19.9. The Morgan fingerprint density at radius 1 is 1.00 bits per heavy atom. The van der Waals surface area contributed by atoms with E-state index < -0.39 is 11.8 Å². The monoisotopic (exact) mass is 481 g/mol. The van der Waals surface area contributed by atoms with Gasteiger partial charge in [0.25, 0.3) is 5.91 Å². The zero-order valence-electron chi connectivity index (χ0n) is 19.9. The lowest BCUT2D eigenvalue weighted by Crippen LogP contribution is -2.21. The van der Waals surface area contributed by atoms with E-state index in [0.717, 1.165) is 16.8 Å². The van der Waals surface area contributed by atoms with E-state index in [2.05, 4.69) is 15.4 Å². The van der Waals surface area contributed by atoms with Crippen LogP contribution in [0, 0.1) is 6.92 Å². The summed E-state index contributed by atoms with van der Waals surface area (Å²) in [5.74, 6) is -0.377. The van der Waals surface area contributed by atoms with Gasteiger partial charge < -0.3 is 15.6 Å². The van der Waals surface area contributed by atoms with Crippen LogP contribution in [0.4, 0.5) is 5.69 Å². The first-order valence-corrected chi connectivity index (χ1v) is 11.1. The molecule has 0 radical (unpaired) electrons. The number of primary amides is 1. The van der Waals surface area contributed by atoms with Gasteiger partial charge in [0, 0.05) is 42.6 Å². The number of hydrogen-bond acceptors (Lipinski definition) is 5. The van der Waals surface area contributed by atoms with Gasteiger partial charge in [-0.25, -0.2) is 14.0 Å². The molecule has 0 bridgehead atoms. The first-order valence-electron chi connectivity index (χ1n) is 11.1. The number of hydrogen-bond donors (Lipinski definition) is 2. The van der Waals surface area contributed by atoms with E-state index in [-0.39, 0.29) is 11.4 Å². The Bertz CT molecular complexity index is 1710. The largest absolute Gasteiger partial charge is 0.366 e. The van der Waals surface area contributed by atoms with Gasteiger partial charge in [-0.1, -0.05) is 18.2 Å². The molecule has 0 aliphatic rings. The van der Waals surface area contributed by atoms with Crippen molar-refractivity contribution in [2.75, 3.05) is 5.32 Å². The van der Waals surface area contributed by atoms with Gasteiger partial charge in [0.15, 0.2) is 0 Å². The molecule has 0 saturated heterocycles. The maximum Gasteiger partial charge on any atom is 0.350 e. The Morgan fingerprint density at radius 2 is 1.75 bits per heavy atom. The molecule has 0 saturated carbocycles. The van der Waals surface area contributed by atoms with Gasteiger partial charge in [0.1, 0.15) is 11.5 Å². The number of nitrogens with two attached hydrogens (primary N) is 1. The summed E-state index contributed by atoms with van der Waals surface area (Å²) in [5.41, 5.74) is 9.47. The predicted molar refractivity (Wildman–Crippen MR) is 136 cm³/mol. The van der Waals surface area contributed by atoms with Crippen molar-refractivity contribution in [1.29, 1.82) is 0 Å². The second kappa shape index (κ2) is 8.66. The van der Waals surface area contributed by atoms with Crippen LogP contribution in [0.2, 0.25) is 0 Å². The van der Waals surface area contributed by atoms with Crippen LogP contribution in [0.3, 0.4) is 0 Å². The average Bonchev–Trinajstić information content (AvgIpc) is 3.33. The molecular formula is C26H23N7O3. The fraction of sp³-hybridized carbons (Fsp3) is 0.115. The van der Waals surface area contributed by atoms with Crippen LogP contribution in [0.1, 0.15) is 26.7 Å². The number of nitrogens with zero attached hydrogens (tertiary/aromatic N) is 5. The Balaban J connectivity index is 1.50. The first kappa shape index (κ1) is 22.8. The number of amides is 2. The fourth-order valence-electron chi connectivity index (χ4n) is 4.33. The molecule has 180 valence electrons. The van der Waals surface area contributed by atoms with Crippen molar-refractivity contribution in [3.05, 3.63) is 94.4 Å². The van der Waals surface area contributed by atoms with E-state index in [9.17, 15) is 14.4 Å². The smallest absolute Gasteiger partial charge is 0.350 e. The van der Waals surface area contributed by atoms with Crippen molar-refractivity contribution < 1.29 is 9.59 Å². The van der Waals surface area contributed by atoms with Gasteiger partial charge >= 0.3 is 5.69 Å². The Morgan fingerprint density at radius 3 is 2.42 bits per heavy atom. The summed E-state index contributed by atoms with van der Waals surface area (Å²) in [7, 11) is 3.53. The lowest BCUT2D eigenvalue weighted by atomic mass is 10.1. The molecule has 10 heteroatoms. The second-order valence-electron chi connectivity index (χ2n) is 8.42. The molecule has 5 aromatic rings. The van der Waals surface area contributed by atoms with Gasteiger partial charge in [-0.3, -0.25) is 14.6 Å². The van der Waals surface area contributed by atoms with E-state index in [0.29, 0.717) is 28.1 Å². The van der Waals surface area contributed by atoms with Crippen molar-refractivity contribution in [1.82, 2.24) is 23.9 Å². The highest BCUT2D eigenvalue weighted by molar-refractivity contribution is 6.12. The van der Waals surface area contributed by atoms with Crippen LogP contribution >= 0.6 is 0 Å². The fourth-order valence-corrected chi connectivity index (χ4v) is 4.33. The number of benzene rings is 2. The van der Waals surface area contributed by atoms with Crippen molar-refractivity contribution >= 4 is 28.4 Å². The molecule has 10 nitrogen and oxygen atoms in total. The van der Waals surface area contributed by atoms with E-state index in [1.165, 1.54) is 10.7 Å². The Kier molecular flexibility index (Phi) is 5.48. The van der Waals surface area contributed by atoms with Crippen molar-refractivity contribution in [3.8, 4) is 16.9 Å². The molecule has 0 unspecified atom stereocenters. The Hall–Kier alpha value is -4.99. The summed E-state index contributed by atoms with van der Waals surface area (Å²) >= 11 is 0. The van der Waals surface area contributed by atoms with Gasteiger partial charge in [0.2, 0.25) is 5.91 Å². The van der Waals surface area contributed by atoms with Crippen LogP contribution in [-0.4, -0.2) is 35.7 Å². The summed E-state index contributed by atoms with van der Waals surface area (Å²) < 4.78 is 4.83. The molecule has 0 aliphatic heterocycles. The molecule has 0 spiro atoms. The average molecular weight is 482 g/mol. The van der Waals surface area contributed by atoms with Crippen molar-refractivity contribution in [3.63, 3.8) is 0 Å². The predicted octanol–water partition coefficient (Wildman–Crippen LogP) is 2.78. The number of carbonyl (C=O) groups excluding carboxylic acids is 2. The van der Waals surface area contributed by atoms with E-state index in [1.54, 1.807) is 42.9 Å². The maximum absolute atomic E-state index is 13.1. The molecule has 3 heterocycles. The number of pyridine rings is 1. The lowest BCUT2D eigenvalue weighted by molar-refractivity contribution is 0.0995. The minimum Gasteiger partial charge on any atom is -0.366 e. The highest BCUT2D eigenvalue weighted by atomic mass is 16.2. The van der Waals surface area contributed by atoms with Crippen LogP contribution in [-0.2, 0) is 14.1 Å². The van der Waals surface area contributed by atoms with Crippen LogP contribution < -0.4 is 16.7 Å². The van der Waals surface area contributed by atoms with Gasteiger partial charge in [0.05, 0.1) is 11.2 Å². The van der Waals surface area contributed by atoms with E-state index in [4.69, 9.17) is 5.73 Å². The number of anilines is 1. The topological polar surface area (TPSA) is 130 Å². The Labute approximate surface area is 205 Å². The molecule has 3 aromatic heterocycles. The van der Waals surface area contributed by atoms with E-state index in [1.807, 2.05) is 48.0 Å². The number of aryl methyl sites for hydroxylation is 3. The van der Waals surface area contributed by atoms with Crippen LogP contribution in [0.5, 0.6) is 0 Å². The number of carbonyl (C=O) groups is 2. The molecule has 0 aliphatic carbocycles. The molecular weight excluding hydrogens is 458 g/mol. The molecule has 5 rings (SSSR count). The highest BCUT2D eigenvalue weighted by Gasteiger charge is 2.18. The summed E-state index contributed by atoms with van der Waals surface area (Å²) in [4.78, 5) is 41.3. The SMILES string of the molecule is Cc1nn(C)c(=O)n1-c1ccc(-c2cc3c(C(=O)Nc4cccc(C(N)=O)c4)nccc3n2C)cc1. The summed E-state index contributed by atoms with van der Waals surface area (Å²) in [6, 6.07) is 17.7. The van der Waals surface area contributed by atoms with Crippen molar-refractivity contribution in [2.45, 2.75) is 6.92 Å². The van der Waals surface area contributed by atoms with Gasteiger partial charge in [-0.15, -0.1) is 0 Å².